The van der Waals surface area contributed by atoms with Crippen molar-refractivity contribution < 1.29 is 18.6 Å². The van der Waals surface area contributed by atoms with Gasteiger partial charge in [0.15, 0.2) is 11.6 Å². The number of fused-ring (bicyclic) bond motifs is 5. The van der Waals surface area contributed by atoms with Crippen LogP contribution >= 0.6 is 0 Å². The van der Waals surface area contributed by atoms with Crippen LogP contribution in [-0.2, 0) is 23.5 Å². The standard InChI is InChI=1S/C22H18F2N2O3/c1-3-22(28)8-11(2)29-10-14-15(22)6-19-20-13(9-26(19)21(14)27)4-12-5-16(23)17(24)7-18(12)25-20/h4-7,28H,2-3,8-10H2,1H3/t22-/m1/s1. The first kappa shape index (κ1) is 18.0. The molecular weight excluding hydrogens is 378 g/mol. The minimum Gasteiger partial charge on any atom is -0.494 e. The van der Waals surface area contributed by atoms with E-state index in [1.807, 2.05) is 6.92 Å². The summed E-state index contributed by atoms with van der Waals surface area (Å²) in [4.78, 5) is 17.7. The normalized spacial score (nSPS) is 20.1. The largest absolute Gasteiger partial charge is 0.494 e. The minimum atomic E-state index is -1.27. The number of ether oxygens (including phenoxy) is 1. The molecule has 0 saturated carbocycles. The van der Waals surface area contributed by atoms with Crippen molar-refractivity contribution in [3.8, 4) is 11.4 Å². The smallest absolute Gasteiger partial charge is 0.258 e. The van der Waals surface area contributed by atoms with Crippen LogP contribution in [0.2, 0.25) is 0 Å². The van der Waals surface area contributed by atoms with Gasteiger partial charge in [0.1, 0.15) is 6.61 Å². The molecule has 5 nitrogen and oxygen atoms in total. The number of benzene rings is 1. The summed E-state index contributed by atoms with van der Waals surface area (Å²) < 4.78 is 34.4. The molecule has 0 amide bonds. The third kappa shape index (κ3) is 2.54. The van der Waals surface area contributed by atoms with E-state index in [0.29, 0.717) is 45.6 Å². The zero-order chi connectivity index (χ0) is 20.5. The van der Waals surface area contributed by atoms with Gasteiger partial charge in [-0.1, -0.05) is 13.5 Å². The number of aliphatic hydroxyl groups is 1. The van der Waals surface area contributed by atoms with E-state index in [-0.39, 0.29) is 25.1 Å². The van der Waals surface area contributed by atoms with E-state index in [4.69, 9.17) is 4.74 Å². The molecule has 2 aromatic heterocycles. The van der Waals surface area contributed by atoms with Crippen LogP contribution in [0.1, 0.15) is 36.5 Å². The predicted molar refractivity (Wildman–Crippen MR) is 103 cm³/mol. The quantitative estimate of drug-likeness (QED) is 0.533. The monoisotopic (exact) mass is 396 g/mol. The van der Waals surface area contributed by atoms with Crippen LogP contribution in [0.5, 0.6) is 0 Å². The summed E-state index contributed by atoms with van der Waals surface area (Å²) in [5.41, 5.74) is 1.50. The van der Waals surface area contributed by atoms with Crippen LogP contribution in [0.3, 0.4) is 0 Å². The van der Waals surface area contributed by atoms with Gasteiger partial charge in [0, 0.05) is 23.4 Å². The molecule has 3 aromatic rings. The maximum Gasteiger partial charge on any atom is 0.258 e. The molecule has 2 aliphatic heterocycles. The SMILES string of the molecule is C=C1C[C@](O)(CC)c2cc3n(c(=O)c2CO1)Cc1cc2cc(F)c(F)cc2nc1-3. The molecule has 7 heteroatoms. The number of nitrogens with zero attached hydrogens (tertiary/aromatic N) is 2. The van der Waals surface area contributed by atoms with Crippen LogP contribution < -0.4 is 5.56 Å². The van der Waals surface area contributed by atoms with E-state index in [2.05, 4.69) is 11.6 Å². The van der Waals surface area contributed by atoms with E-state index in [0.717, 1.165) is 17.7 Å². The van der Waals surface area contributed by atoms with Gasteiger partial charge in [0.25, 0.3) is 5.56 Å². The number of hydrogen-bond acceptors (Lipinski definition) is 4. The molecule has 1 aromatic carbocycles. The Kier molecular flexibility index (Phi) is 3.70. The van der Waals surface area contributed by atoms with Crippen molar-refractivity contribution in [1.82, 2.24) is 9.55 Å². The minimum absolute atomic E-state index is 0.0394. The number of pyridine rings is 2. The molecule has 0 bridgehead atoms. The lowest BCUT2D eigenvalue weighted by Gasteiger charge is -2.27. The highest BCUT2D eigenvalue weighted by Crippen LogP contribution is 2.40. The lowest BCUT2D eigenvalue weighted by molar-refractivity contribution is 0.0232. The first-order valence-corrected chi connectivity index (χ1v) is 9.40. The molecule has 0 spiro atoms. The van der Waals surface area contributed by atoms with Gasteiger partial charge in [-0.3, -0.25) is 4.79 Å². The van der Waals surface area contributed by atoms with Crippen molar-refractivity contribution in [2.45, 2.75) is 38.5 Å². The Labute approximate surface area is 164 Å². The first-order valence-electron chi connectivity index (χ1n) is 9.40. The fourth-order valence-electron chi connectivity index (χ4n) is 4.28. The van der Waals surface area contributed by atoms with Crippen LogP contribution in [0.15, 0.2) is 41.4 Å². The molecule has 2 aliphatic rings. The zero-order valence-electron chi connectivity index (χ0n) is 15.8. The lowest BCUT2D eigenvalue weighted by atomic mass is 9.85. The summed E-state index contributed by atoms with van der Waals surface area (Å²) in [5, 5.41) is 11.7. The van der Waals surface area contributed by atoms with Gasteiger partial charge in [0.05, 0.1) is 40.4 Å². The Morgan fingerprint density at radius 1 is 1.28 bits per heavy atom. The molecule has 29 heavy (non-hydrogen) atoms. The fraction of sp³-hybridized carbons (Fsp3) is 0.273. The van der Waals surface area contributed by atoms with Crippen molar-refractivity contribution in [2.24, 2.45) is 0 Å². The summed E-state index contributed by atoms with van der Waals surface area (Å²) in [6, 6.07) is 5.65. The number of rotatable bonds is 1. The first-order chi connectivity index (χ1) is 13.8. The molecule has 0 unspecified atom stereocenters. The number of aromatic nitrogens is 2. The fourth-order valence-corrected chi connectivity index (χ4v) is 4.28. The summed E-state index contributed by atoms with van der Waals surface area (Å²) in [5.74, 6) is -1.49. The summed E-state index contributed by atoms with van der Waals surface area (Å²) in [6.07, 6.45) is 0.579. The Bertz CT molecular complexity index is 1280. The predicted octanol–water partition coefficient (Wildman–Crippen LogP) is 3.74. The van der Waals surface area contributed by atoms with Crippen molar-refractivity contribution >= 4 is 10.9 Å². The van der Waals surface area contributed by atoms with E-state index in [1.54, 1.807) is 16.7 Å². The average molecular weight is 396 g/mol. The van der Waals surface area contributed by atoms with E-state index in [9.17, 15) is 18.7 Å². The van der Waals surface area contributed by atoms with E-state index >= 15 is 0 Å². The molecular formula is C22H18F2N2O3. The molecule has 0 fully saturated rings. The Hall–Kier alpha value is -3.06. The van der Waals surface area contributed by atoms with Gasteiger partial charge in [0.2, 0.25) is 0 Å². The zero-order valence-corrected chi connectivity index (χ0v) is 15.8. The van der Waals surface area contributed by atoms with Crippen LogP contribution in [0.4, 0.5) is 8.78 Å². The van der Waals surface area contributed by atoms with Gasteiger partial charge in [-0.15, -0.1) is 0 Å². The molecule has 1 N–H and O–H groups in total. The second kappa shape index (κ2) is 5.97. The third-order valence-corrected chi connectivity index (χ3v) is 5.90. The summed E-state index contributed by atoms with van der Waals surface area (Å²) in [6.45, 7) is 5.97. The maximum absolute atomic E-state index is 13.7. The molecule has 4 heterocycles. The summed E-state index contributed by atoms with van der Waals surface area (Å²) >= 11 is 0. The topological polar surface area (TPSA) is 64.4 Å². The molecule has 0 radical (unpaired) electrons. The summed E-state index contributed by atoms with van der Waals surface area (Å²) in [7, 11) is 0. The Morgan fingerprint density at radius 3 is 2.79 bits per heavy atom. The van der Waals surface area contributed by atoms with Gasteiger partial charge in [-0.2, -0.15) is 0 Å². The van der Waals surface area contributed by atoms with Gasteiger partial charge < -0.3 is 14.4 Å². The maximum atomic E-state index is 13.7. The second-order valence-corrected chi connectivity index (χ2v) is 7.66. The van der Waals surface area contributed by atoms with E-state index in [1.165, 1.54) is 0 Å². The average Bonchev–Trinajstić information content (AvgIpc) is 2.97. The highest BCUT2D eigenvalue weighted by atomic mass is 19.2. The highest BCUT2D eigenvalue weighted by molar-refractivity contribution is 5.84. The van der Waals surface area contributed by atoms with Crippen molar-refractivity contribution in [3.05, 3.63) is 75.3 Å². The van der Waals surface area contributed by atoms with Crippen molar-refractivity contribution in [3.63, 3.8) is 0 Å². The van der Waals surface area contributed by atoms with Crippen LogP contribution in [0, 0.1) is 11.6 Å². The highest BCUT2D eigenvalue weighted by Gasteiger charge is 2.37. The van der Waals surface area contributed by atoms with Crippen LogP contribution in [-0.4, -0.2) is 14.7 Å². The lowest BCUT2D eigenvalue weighted by Crippen LogP contribution is -2.31. The second-order valence-electron chi connectivity index (χ2n) is 7.66. The molecule has 0 aliphatic carbocycles. The molecule has 5 rings (SSSR count). The van der Waals surface area contributed by atoms with Gasteiger partial charge in [-0.25, -0.2) is 13.8 Å². The molecule has 148 valence electrons. The van der Waals surface area contributed by atoms with Gasteiger partial charge >= 0.3 is 0 Å². The van der Waals surface area contributed by atoms with Crippen LogP contribution in [0.25, 0.3) is 22.3 Å². The molecule has 0 saturated heterocycles. The van der Waals surface area contributed by atoms with Crippen molar-refractivity contribution in [1.29, 1.82) is 0 Å². The van der Waals surface area contributed by atoms with Crippen molar-refractivity contribution in [2.75, 3.05) is 0 Å². The Balaban J connectivity index is 1.78. The van der Waals surface area contributed by atoms with Gasteiger partial charge in [-0.05, 0) is 30.2 Å². The molecule has 1 atom stereocenters. The number of halogens is 2. The third-order valence-electron chi connectivity index (χ3n) is 5.90. The number of hydrogen-bond donors (Lipinski definition) is 1. The van der Waals surface area contributed by atoms with E-state index < -0.39 is 17.2 Å². The Morgan fingerprint density at radius 2 is 2.03 bits per heavy atom.